The summed E-state index contributed by atoms with van der Waals surface area (Å²) in [6.07, 6.45) is 5.11. The fourth-order valence-electron chi connectivity index (χ4n) is 2.56. The van der Waals surface area contributed by atoms with Gasteiger partial charge in [-0.15, -0.1) is 0 Å². The molecule has 0 spiro atoms. The highest BCUT2D eigenvalue weighted by Gasteiger charge is 2.23. The number of nitrogens with zero attached hydrogens (tertiary/aromatic N) is 1. The van der Waals surface area contributed by atoms with Crippen molar-refractivity contribution in [3.63, 3.8) is 0 Å². The summed E-state index contributed by atoms with van der Waals surface area (Å²) in [4.78, 5) is 24.6. The Morgan fingerprint density at radius 1 is 1.43 bits per heavy atom. The summed E-state index contributed by atoms with van der Waals surface area (Å²) in [6.45, 7) is 1.21. The zero-order valence-electron chi connectivity index (χ0n) is 11.7. The predicted molar refractivity (Wildman–Crippen MR) is 82.0 cm³/mol. The summed E-state index contributed by atoms with van der Waals surface area (Å²) in [5, 5.41) is 9.47. The first-order chi connectivity index (χ1) is 10.0. The van der Waals surface area contributed by atoms with Crippen LogP contribution < -0.4 is 0 Å². The summed E-state index contributed by atoms with van der Waals surface area (Å²) in [7, 11) is 0. The molecule has 4 nitrogen and oxygen atoms in total. The smallest absolute Gasteiger partial charge is 0.303 e. The van der Waals surface area contributed by atoms with Crippen LogP contribution in [0, 0.1) is 5.92 Å². The van der Waals surface area contributed by atoms with Gasteiger partial charge in [0.25, 0.3) is 0 Å². The van der Waals surface area contributed by atoms with Crippen molar-refractivity contribution >= 4 is 29.6 Å². The van der Waals surface area contributed by atoms with E-state index in [9.17, 15) is 9.59 Å². The SMILES string of the molecule is O=C(O)CC1CCCN(C(=O)C=Cc2cccc(Cl)c2)C1. The lowest BCUT2D eigenvalue weighted by molar-refractivity contribution is -0.139. The molecule has 21 heavy (non-hydrogen) atoms. The fraction of sp³-hybridized carbons (Fsp3) is 0.375. The lowest BCUT2D eigenvalue weighted by Gasteiger charge is -2.31. The summed E-state index contributed by atoms with van der Waals surface area (Å²) >= 11 is 5.89. The predicted octanol–water partition coefficient (Wildman–Crippen LogP) is 3.07. The Morgan fingerprint density at radius 2 is 2.24 bits per heavy atom. The molecule has 1 atom stereocenters. The molecule has 1 saturated heterocycles. The van der Waals surface area contributed by atoms with Gasteiger partial charge in [0.2, 0.25) is 5.91 Å². The van der Waals surface area contributed by atoms with Crippen LogP contribution in [0.2, 0.25) is 5.02 Å². The van der Waals surface area contributed by atoms with Crippen LogP contribution in [0.1, 0.15) is 24.8 Å². The molecular weight excluding hydrogens is 290 g/mol. The van der Waals surface area contributed by atoms with E-state index in [4.69, 9.17) is 16.7 Å². The number of amides is 1. The highest BCUT2D eigenvalue weighted by Crippen LogP contribution is 2.20. The van der Waals surface area contributed by atoms with Crippen molar-refractivity contribution < 1.29 is 14.7 Å². The van der Waals surface area contributed by atoms with Gasteiger partial charge in [-0.3, -0.25) is 9.59 Å². The molecule has 112 valence electrons. The third-order valence-corrected chi connectivity index (χ3v) is 3.80. The van der Waals surface area contributed by atoms with E-state index < -0.39 is 5.97 Å². The van der Waals surface area contributed by atoms with Crippen molar-refractivity contribution in [2.75, 3.05) is 13.1 Å². The summed E-state index contributed by atoms with van der Waals surface area (Å²) in [5.41, 5.74) is 0.870. The number of benzene rings is 1. The van der Waals surface area contributed by atoms with Gasteiger partial charge >= 0.3 is 5.97 Å². The Labute approximate surface area is 129 Å². The van der Waals surface area contributed by atoms with Crippen LogP contribution in [-0.4, -0.2) is 35.0 Å². The maximum Gasteiger partial charge on any atom is 0.303 e. The van der Waals surface area contributed by atoms with Crippen LogP contribution in [0.3, 0.4) is 0 Å². The molecule has 1 aromatic carbocycles. The maximum absolute atomic E-state index is 12.1. The summed E-state index contributed by atoms with van der Waals surface area (Å²) < 4.78 is 0. The zero-order valence-corrected chi connectivity index (χ0v) is 12.4. The number of hydrogen-bond acceptors (Lipinski definition) is 2. The Balaban J connectivity index is 1.94. The number of rotatable bonds is 4. The number of carboxylic acid groups (broad SMARTS) is 1. The van der Waals surface area contributed by atoms with Gasteiger partial charge in [0.1, 0.15) is 0 Å². The van der Waals surface area contributed by atoms with Crippen LogP contribution >= 0.6 is 11.6 Å². The Morgan fingerprint density at radius 3 is 2.95 bits per heavy atom. The molecule has 0 aliphatic carbocycles. The number of carboxylic acids is 1. The van der Waals surface area contributed by atoms with Gasteiger partial charge < -0.3 is 10.0 Å². The van der Waals surface area contributed by atoms with E-state index in [0.29, 0.717) is 18.1 Å². The Hall–Kier alpha value is -1.81. The number of carbonyl (C=O) groups is 2. The van der Waals surface area contributed by atoms with Gasteiger partial charge in [0.15, 0.2) is 0 Å². The molecule has 1 aliphatic rings. The molecule has 0 bridgehead atoms. The topological polar surface area (TPSA) is 57.6 Å². The van der Waals surface area contributed by atoms with E-state index in [1.807, 2.05) is 12.1 Å². The minimum Gasteiger partial charge on any atom is -0.481 e. The lowest BCUT2D eigenvalue weighted by Crippen LogP contribution is -2.39. The number of piperidine rings is 1. The minimum atomic E-state index is -0.802. The van der Waals surface area contributed by atoms with Crippen LogP contribution in [0.15, 0.2) is 30.3 Å². The van der Waals surface area contributed by atoms with Crippen LogP contribution in [0.5, 0.6) is 0 Å². The van der Waals surface area contributed by atoms with Gasteiger partial charge in [-0.1, -0.05) is 23.7 Å². The first-order valence-electron chi connectivity index (χ1n) is 6.99. The van der Waals surface area contributed by atoms with E-state index in [1.165, 1.54) is 6.08 Å². The molecule has 1 aliphatic heterocycles. The van der Waals surface area contributed by atoms with Crippen LogP contribution in [-0.2, 0) is 9.59 Å². The van der Waals surface area contributed by atoms with Crippen LogP contribution in [0.4, 0.5) is 0 Å². The van der Waals surface area contributed by atoms with Gasteiger partial charge in [-0.05, 0) is 42.5 Å². The third-order valence-electron chi connectivity index (χ3n) is 3.56. The first-order valence-corrected chi connectivity index (χ1v) is 7.37. The largest absolute Gasteiger partial charge is 0.481 e. The van der Waals surface area contributed by atoms with Gasteiger partial charge in [0, 0.05) is 30.6 Å². The van der Waals surface area contributed by atoms with Gasteiger partial charge in [-0.2, -0.15) is 0 Å². The molecule has 0 aromatic heterocycles. The molecule has 1 amide bonds. The second-order valence-corrected chi connectivity index (χ2v) is 5.72. The van der Waals surface area contributed by atoms with Crippen molar-refractivity contribution in [2.45, 2.75) is 19.3 Å². The third kappa shape index (κ3) is 4.90. The van der Waals surface area contributed by atoms with E-state index in [2.05, 4.69) is 0 Å². The average Bonchev–Trinajstić information content (AvgIpc) is 2.44. The van der Waals surface area contributed by atoms with E-state index >= 15 is 0 Å². The maximum atomic E-state index is 12.1. The van der Waals surface area contributed by atoms with Crippen LogP contribution in [0.25, 0.3) is 6.08 Å². The summed E-state index contributed by atoms with van der Waals surface area (Å²) in [5.74, 6) is -0.825. The molecule has 0 saturated carbocycles. The lowest BCUT2D eigenvalue weighted by atomic mass is 9.95. The van der Waals surface area contributed by atoms with Crippen molar-refractivity contribution in [1.82, 2.24) is 4.90 Å². The second kappa shape index (κ2) is 7.27. The molecule has 5 heteroatoms. The molecule has 1 heterocycles. The number of hydrogen-bond donors (Lipinski definition) is 1. The molecule has 2 rings (SSSR count). The minimum absolute atomic E-state index is 0.0553. The van der Waals surface area contributed by atoms with E-state index in [1.54, 1.807) is 23.1 Å². The molecular formula is C16H18ClNO3. The molecule has 1 N–H and O–H groups in total. The highest BCUT2D eigenvalue weighted by molar-refractivity contribution is 6.30. The van der Waals surface area contributed by atoms with Crippen molar-refractivity contribution in [3.05, 3.63) is 40.9 Å². The normalized spacial score (nSPS) is 18.9. The highest BCUT2D eigenvalue weighted by atomic mass is 35.5. The van der Waals surface area contributed by atoms with E-state index in [0.717, 1.165) is 18.4 Å². The van der Waals surface area contributed by atoms with E-state index in [-0.39, 0.29) is 18.2 Å². The quantitative estimate of drug-likeness (QED) is 0.870. The monoisotopic (exact) mass is 307 g/mol. The molecule has 1 aromatic rings. The molecule has 0 radical (unpaired) electrons. The first kappa shape index (κ1) is 15.6. The Kier molecular flexibility index (Phi) is 5.39. The fourth-order valence-corrected chi connectivity index (χ4v) is 2.76. The van der Waals surface area contributed by atoms with Crippen molar-refractivity contribution in [2.24, 2.45) is 5.92 Å². The Bertz CT molecular complexity index is 556. The van der Waals surface area contributed by atoms with Crippen molar-refractivity contribution in [1.29, 1.82) is 0 Å². The zero-order chi connectivity index (χ0) is 15.2. The standard InChI is InChI=1S/C16H18ClNO3/c17-14-5-1-3-12(9-14)6-7-15(19)18-8-2-4-13(11-18)10-16(20)21/h1,3,5-7,9,13H,2,4,8,10-11H2,(H,20,21). The number of aliphatic carboxylic acids is 1. The van der Waals surface area contributed by atoms with Crippen molar-refractivity contribution in [3.8, 4) is 0 Å². The number of carbonyl (C=O) groups excluding carboxylic acids is 1. The molecule has 1 fully saturated rings. The number of likely N-dealkylation sites (tertiary alicyclic amines) is 1. The second-order valence-electron chi connectivity index (χ2n) is 5.28. The van der Waals surface area contributed by atoms with Gasteiger partial charge in [-0.25, -0.2) is 0 Å². The summed E-state index contributed by atoms with van der Waals surface area (Å²) in [6, 6.07) is 7.27. The number of halogens is 1. The van der Waals surface area contributed by atoms with Gasteiger partial charge in [0.05, 0.1) is 0 Å². The molecule has 1 unspecified atom stereocenters. The average molecular weight is 308 g/mol.